The van der Waals surface area contributed by atoms with Crippen molar-refractivity contribution >= 4 is 28.8 Å². The third-order valence-corrected chi connectivity index (χ3v) is 6.24. The number of anilines is 1. The van der Waals surface area contributed by atoms with Crippen molar-refractivity contribution in [2.75, 3.05) is 33.6 Å². The summed E-state index contributed by atoms with van der Waals surface area (Å²) in [5.41, 5.74) is 2.51. The van der Waals surface area contributed by atoms with Gasteiger partial charge in [0.2, 0.25) is 11.8 Å². The molecule has 0 radical (unpaired) electrons. The van der Waals surface area contributed by atoms with Crippen LogP contribution in [-0.4, -0.2) is 63.7 Å². The average molecular weight is 506 g/mol. The summed E-state index contributed by atoms with van der Waals surface area (Å²) in [6, 6.07) is 9.24. The molecule has 0 saturated heterocycles. The van der Waals surface area contributed by atoms with Gasteiger partial charge in [-0.25, -0.2) is 15.0 Å². The highest BCUT2D eigenvalue weighted by molar-refractivity contribution is 7.13. The summed E-state index contributed by atoms with van der Waals surface area (Å²) < 4.78 is 17.8. The van der Waals surface area contributed by atoms with Crippen LogP contribution in [0.1, 0.15) is 16.1 Å². The lowest BCUT2D eigenvalue weighted by atomic mass is 10.2. The molecule has 0 aliphatic carbocycles. The van der Waals surface area contributed by atoms with Crippen LogP contribution in [0.5, 0.6) is 11.5 Å². The van der Waals surface area contributed by atoms with E-state index in [9.17, 15) is 4.79 Å². The van der Waals surface area contributed by atoms with Crippen LogP contribution in [0.2, 0.25) is 0 Å². The number of rotatable bonds is 8. The van der Waals surface area contributed by atoms with Crippen LogP contribution < -0.4 is 14.8 Å². The van der Waals surface area contributed by atoms with E-state index in [0.29, 0.717) is 57.5 Å². The number of thiazole rings is 1. The zero-order valence-corrected chi connectivity index (χ0v) is 20.9. The maximum atomic E-state index is 12.4. The summed E-state index contributed by atoms with van der Waals surface area (Å²) in [5.74, 6) is 2.53. The molecule has 4 heterocycles. The van der Waals surface area contributed by atoms with E-state index in [0.717, 1.165) is 5.56 Å². The predicted molar refractivity (Wildman–Crippen MR) is 134 cm³/mol. The summed E-state index contributed by atoms with van der Waals surface area (Å²) in [4.78, 5) is 27.7. The van der Waals surface area contributed by atoms with E-state index in [4.69, 9.17) is 18.9 Å². The van der Waals surface area contributed by atoms with Crippen LogP contribution in [0.25, 0.3) is 27.8 Å². The fourth-order valence-electron chi connectivity index (χ4n) is 3.55. The summed E-state index contributed by atoms with van der Waals surface area (Å²) in [6.07, 6.45) is 3.24. The van der Waals surface area contributed by atoms with Crippen LogP contribution >= 0.6 is 11.3 Å². The number of aromatic nitrogens is 5. The normalized spacial score (nSPS) is 11.0. The number of ether oxygens (including phenoxy) is 2. The van der Waals surface area contributed by atoms with E-state index < -0.39 is 0 Å². The fraction of sp³-hybridized carbons (Fsp3) is 0.208. The molecule has 5 rings (SSSR count). The molecule has 36 heavy (non-hydrogen) atoms. The van der Waals surface area contributed by atoms with Crippen molar-refractivity contribution in [3.63, 3.8) is 0 Å². The number of furan rings is 1. The Labute approximate surface area is 210 Å². The van der Waals surface area contributed by atoms with Gasteiger partial charge in [-0.2, -0.15) is 4.52 Å². The highest BCUT2D eigenvalue weighted by atomic mass is 32.1. The summed E-state index contributed by atoms with van der Waals surface area (Å²) >= 11 is 1.34. The molecule has 4 aromatic heterocycles. The van der Waals surface area contributed by atoms with E-state index in [1.165, 1.54) is 16.2 Å². The van der Waals surface area contributed by atoms with Crippen LogP contribution in [-0.2, 0) is 6.54 Å². The molecule has 0 unspecified atom stereocenters. The summed E-state index contributed by atoms with van der Waals surface area (Å²) in [5, 5.41) is 10.3. The van der Waals surface area contributed by atoms with E-state index in [1.54, 1.807) is 62.8 Å². The Hall–Kier alpha value is -4.45. The number of nitrogens with one attached hydrogen (secondary N) is 1. The Balaban J connectivity index is 1.53. The van der Waals surface area contributed by atoms with E-state index >= 15 is 0 Å². The second-order valence-corrected chi connectivity index (χ2v) is 8.78. The highest BCUT2D eigenvalue weighted by Crippen LogP contribution is 2.31. The quantitative estimate of drug-likeness (QED) is 0.335. The van der Waals surface area contributed by atoms with Gasteiger partial charge in [0, 0.05) is 32.2 Å². The van der Waals surface area contributed by atoms with Gasteiger partial charge in [0.05, 0.1) is 26.0 Å². The van der Waals surface area contributed by atoms with Crippen molar-refractivity contribution in [1.29, 1.82) is 0 Å². The van der Waals surface area contributed by atoms with Gasteiger partial charge in [0.25, 0.3) is 5.91 Å². The molecule has 1 N–H and O–H groups in total. The zero-order chi connectivity index (χ0) is 25.2. The summed E-state index contributed by atoms with van der Waals surface area (Å²) in [7, 11) is 6.57. The standard InChI is InChI=1S/C24H23N7O4S/c1-30(2)23(32)16-13-36-22(27-16)15-12-26-24(25-11-14-7-8-17(33-3)19(10-14)34-4)31-21(15)28-20(29-31)18-6-5-9-35-18/h5-10,12-13H,11H2,1-4H3,(H,25,26). The molecule has 1 amide bonds. The molecule has 12 heteroatoms. The maximum absolute atomic E-state index is 12.4. The topological polar surface area (TPSA) is 120 Å². The zero-order valence-electron chi connectivity index (χ0n) is 20.1. The minimum Gasteiger partial charge on any atom is -0.493 e. The van der Waals surface area contributed by atoms with Crippen LogP contribution in [0.15, 0.2) is 52.6 Å². The first-order chi connectivity index (χ1) is 17.5. The first kappa shape index (κ1) is 23.3. The van der Waals surface area contributed by atoms with Gasteiger partial charge in [0.1, 0.15) is 10.7 Å². The fourth-order valence-corrected chi connectivity index (χ4v) is 4.35. The second kappa shape index (κ2) is 9.66. The third-order valence-electron chi connectivity index (χ3n) is 5.36. The van der Waals surface area contributed by atoms with Gasteiger partial charge in [-0.1, -0.05) is 6.07 Å². The summed E-state index contributed by atoms with van der Waals surface area (Å²) in [6.45, 7) is 0.455. The van der Waals surface area contributed by atoms with E-state index in [-0.39, 0.29) is 5.91 Å². The molecular formula is C24H23N7O4S. The number of nitrogens with zero attached hydrogens (tertiary/aromatic N) is 6. The first-order valence-corrected chi connectivity index (χ1v) is 11.8. The lowest BCUT2D eigenvalue weighted by Gasteiger charge is -2.11. The van der Waals surface area contributed by atoms with Gasteiger partial charge in [-0.3, -0.25) is 4.79 Å². The Morgan fingerprint density at radius 1 is 1.17 bits per heavy atom. The average Bonchev–Trinajstić information content (AvgIpc) is 3.66. The Morgan fingerprint density at radius 2 is 2.00 bits per heavy atom. The predicted octanol–water partition coefficient (Wildman–Crippen LogP) is 3.84. The van der Waals surface area contributed by atoms with Crippen LogP contribution in [0.3, 0.4) is 0 Å². The van der Waals surface area contributed by atoms with Gasteiger partial charge in [0.15, 0.2) is 22.9 Å². The molecule has 0 spiro atoms. The maximum Gasteiger partial charge on any atom is 0.272 e. The Morgan fingerprint density at radius 3 is 2.72 bits per heavy atom. The second-order valence-electron chi connectivity index (χ2n) is 7.92. The minimum absolute atomic E-state index is 0.174. The molecule has 0 atom stereocenters. The van der Waals surface area contributed by atoms with Crippen molar-refractivity contribution < 1.29 is 18.7 Å². The molecule has 5 aromatic rings. The molecule has 0 bridgehead atoms. The number of carbonyl (C=O) groups excluding carboxylic acids is 1. The molecule has 0 saturated carbocycles. The lowest BCUT2D eigenvalue weighted by molar-refractivity contribution is 0.0823. The van der Waals surface area contributed by atoms with Crippen molar-refractivity contribution in [1.82, 2.24) is 29.5 Å². The number of carbonyl (C=O) groups is 1. The lowest BCUT2D eigenvalue weighted by Crippen LogP contribution is -2.21. The van der Waals surface area contributed by atoms with Crippen molar-refractivity contribution in [2.24, 2.45) is 0 Å². The number of hydrogen-bond donors (Lipinski definition) is 1. The van der Waals surface area contributed by atoms with Crippen LogP contribution in [0, 0.1) is 0 Å². The monoisotopic (exact) mass is 505 g/mol. The molecule has 0 aliphatic heterocycles. The van der Waals surface area contributed by atoms with Gasteiger partial charge >= 0.3 is 0 Å². The van der Waals surface area contributed by atoms with Crippen LogP contribution in [0.4, 0.5) is 5.95 Å². The van der Waals surface area contributed by atoms with Crippen molar-refractivity contribution in [2.45, 2.75) is 6.54 Å². The Kier molecular flexibility index (Phi) is 6.25. The van der Waals surface area contributed by atoms with Gasteiger partial charge in [-0.05, 0) is 29.8 Å². The molecular weight excluding hydrogens is 482 g/mol. The molecule has 0 aliphatic rings. The number of hydrogen-bond acceptors (Lipinski definition) is 10. The first-order valence-electron chi connectivity index (χ1n) is 10.9. The molecule has 11 nitrogen and oxygen atoms in total. The molecule has 184 valence electrons. The Bertz CT molecular complexity index is 1530. The third kappa shape index (κ3) is 4.33. The number of benzene rings is 1. The smallest absolute Gasteiger partial charge is 0.272 e. The molecule has 0 fully saturated rings. The van der Waals surface area contributed by atoms with Gasteiger partial charge < -0.3 is 24.1 Å². The number of amides is 1. The minimum atomic E-state index is -0.174. The van der Waals surface area contributed by atoms with Crippen molar-refractivity contribution in [3.8, 4) is 33.7 Å². The van der Waals surface area contributed by atoms with Gasteiger partial charge in [-0.15, -0.1) is 16.4 Å². The highest BCUT2D eigenvalue weighted by Gasteiger charge is 2.20. The van der Waals surface area contributed by atoms with E-state index in [1.807, 2.05) is 18.2 Å². The number of fused-ring (bicyclic) bond motifs is 1. The largest absolute Gasteiger partial charge is 0.493 e. The number of methoxy groups -OCH3 is 2. The van der Waals surface area contributed by atoms with Crippen molar-refractivity contribution in [3.05, 3.63) is 59.4 Å². The van der Waals surface area contributed by atoms with E-state index in [2.05, 4.69) is 20.4 Å². The SMILES string of the molecule is COc1ccc(CNc2ncc(-c3nc(C(=O)N(C)C)cs3)c3nc(-c4ccco4)nn23)cc1OC. The molecule has 1 aromatic carbocycles.